The minimum absolute atomic E-state index is 0.219. The van der Waals surface area contributed by atoms with Crippen LogP contribution in [0.15, 0.2) is 30.3 Å². The van der Waals surface area contributed by atoms with Gasteiger partial charge in [-0.1, -0.05) is 17.7 Å². The molecule has 0 aliphatic carbocycles. The first-order valence-corrected chi connectivity index (χ1v) is 10.4. The number of hydrogen-bond donors (Lipinski definition) is 1. The second kappa shape index (κ2) is 8.41. The average Bonchev–Trinajstić information content (AvgIpc) is 3.06. The molecule has 0 saturated carbocycles. The fourth-order valence-corrected chi connectivity index (χ4v) is 4.84. The number of likely N-dealkylation sites (N-methyl/N-ethyl adjacent to an activating group) is 1. The summed E-state index contributed by atoms with van der Waals surface area (Å²) in [5, 5.41) is 0.932. The zero-order chi connectivity index (χ0) is 22.3. The highest BCUT2D eigenvalue weighted by Gasteiger charge is 2.30. The molecule has 0 atom stereocenters. The highest BCUT2D eigenvalue weighted by Crippen LogP contribution is 2.38. The highest BCUT2D eigenvalue weighted by molar-refractivity contribution is 7.21. The lowest BCUT2D eigenvalue weighted by molar-refractivity contribution is -0.0209. The van der Waals surface area contributed by atoms with Crippen LogP contribution in [0.5, 0.6) is 5.75 Å². The summed E-state index contributed by atoms with van der Waals surface area (Å²) in [4.78, 5) is 26.2. The number of nitrogens with two attached hydrogens (primary N) is 1. The number of esters is 1. The van der Waals surface area contributed by atoms with Crippen molar-refractivity contribution in [1.82, 2.24) is 4.90 Å². The van der Waals surface area contributed by atoms with E-state index in [1.165, 1.54) is 11.3 Å². The lowest BCUT2D eigenvalue weighted by Crippen LogP contribution is -2.50. The van der Waals surface area contributed by atoms with Crippen LogP contribution in [0.2, 0.25) is 5.02 Å². The van der Waals surface area contributed by atoms with Gasteiger partial charge in [0, 0.05) is 39.3 Å². The van der Waals surface area contributed by atoms with Gasteiger partial charge in [0.25, 0.3) is 0 Å². The zero-order valence-electron chi connectivity index (χ0n) is 16.3. The molecule has 0 unspecified atom stereocenters. The van der Waals surface area contributed by atoms with Crippen molar-refractivity contribution in [3.8, 4) is 5.75 Å². The van der Waals surface area contributed by atoms with Crippen LogP contribution in [0.3, 0.4) is 0 Å². The van der Waals surface area contributed by atoms with E-state index >= 15 is 0 Å². The van der Waals surface area contributed by atoms with Gasteiger partial charge in [0.1, 0.15) is 17.6 Å². The molecule has 3 aromatic rings. The molecular weight excluding hydrogens is 450 g/mol. The number of thiophene rings is 1. The predicted octanol–water partition coefficient (Wildman–Crippen LogP) is 3.98. The summed E-state index contributed by atoms with van der Waals surface area (Å²) in [6.45, 7) is 0.931. The number of primary amides is 1. The Bertz CT molecular complexity index is 1170. The molecular formula is C21H17ClF2N2O4S. The zero-order valence-corrected chi connectivity index (χ0v) is 17.9. The van der Waals surface area contributed by atoms with Crippen LogP contribution in [0, 0.1) is 11.6 Å². The molecule has 6 nitrogen and oxygen atoms in total. The monoisotopic (exact) mass is 466 g/mol. The van der Waals surface area contributed by atoms with Crippen molar-refractivity contribution >= 4 is 44.9 Å². The molecule has 1 amide bonds. The maximum atomic E-state index is 14.3. The topological polar surface area (TPSA) is 81.9 Å². The van der Waals surface area contributed by atoms with Gasteiger partial charge in [-0.25, -0.2) is 13.6 Å². The summed E-state index contributed by atoms with van der Waals surface area (Å²) >= 11 is 7.51. The molecule has 1 saturated heterocycles. The predicted molar refractivity (Wildman–Crippen MR) is 113 cm³/mol. The summed E-state index contributed by atoms with van der Waals surface area (Å²) in [5.74, 6) is -4.36. The Kier molecular flexibility index (Phi) is 5.83. The van der Waals surface area contributed by atoms with Crippen LogP contribution >= 0.6 is 22.9 Å². The maximum absolute atomic E-state index is 14.3. The summed E-state index contributed by atoms with van der Waals surface area (Å²) in [6, 6.07) is 6.76. The number of ether oxygens (including phenoxy) is 2. The Morgan fingerprint density at radius 2 is 1.94 bits per heavy atom. The summed E-state index contributed by atoms with van der Waals surface area (Å²) in [5.41, 5.74) is 5.13. The molecule has 2 N–H and O–H groups in total. The number of rotatable bonds is 6. The van der Waals surface area contributed by atoms with E-state index in [1.54, 1.807) is 18.2 Å². The SMILES string of the molecule is CN1CC(OC(=O)c2sc3cccc(Cl)c3c2COc2c(F)cc(C(N)=O)cc2F)C1. The summed E-state index contributed by atoms with van der Waals surface area (Å²) in [6.07, 6.45) is -0.219. The smallest absolute Gasteiger partial charge is 0.349 e. The number of nitrogens with zero attached hydrogens (tertiary/aromatic N) is 1. The second-order valence-electron chi connectivity index (χ2n) is 7.19. The van der Waals surface area contributed by atoms with Crippen molar-refractivity contribution < 1.29 is 27.8 Å². The van der Waals surface area contributed by atoms with Crippen molar-refractivity contribution in [1.29, 1.82) is 0 Å². The standard InChI is InChI=1S/C21H17ClF2N2O4S/c1-26-7-11(8-26)30-21(28)19-12(17-13(22)3-2-4-16(17)31-19)9-29-18-14(23)5-10(20(25)27)6-15(18)24/h2-6,11H,7-9H2,1H3,(H2,25,27). The van der Waals surface area contributed by atoms with Crippen LogP contribution in [-0.4, -0.2) is 43.0 Å². The molecule has 2 heterocycles. The van der Waals surface area contributed by atoms with E-state index in [0.29, 0.717) is 33.8 Å². The van der Waals surface area contributed by atoms with Crippen molar-refractivity contribution in [2.45, 2.75) is 12.7 Å². The van der Waals surface area contributed by atoms with Gasteiger partial charge in [-0.15, -0.1) is 11.3 Å². The minimum Gasteiger partial charge on any atom is -0.483 e. The molecule has 10 heteroatoms. The normalized spacial score (nSPS) is 14.5. The Morgan fingerprint density at radius 3 is 2.55 bits per heavy atom. The third-order valence-electron chi connectivity index (χ3n) is 4.90. The first-order valence-electron chi connectivity index (χ1n) is 9.25. The lowest BCUT2D eigenvalue weighted by atomic mass is 10.1. The lowest BCUT2D eigenvalue weighted by Gasteiger charge is -2.35. The Hall–Kier alpha value is -2.75. The number of halogens is 3. The average molecular weight is 467 g/mol. The van der Waals surface area contributed by atoms with Gasteiger partial charge in [0.15, 0.2) is 17.4 Å². The number of amides is 1. The summed E-state index contributed by atoms with van der Waals surface area (Å²) < 4.78 is 40.3. The molecule has 1 aromatic heterocycles. The Balaban J connectivity index is 1.66. The molecule has 1 fully saturated rings. The van der Waals surface area contributed by atoms with Crippen molar-refractivity contribution in [3.63, 3.8) is 0 Å². The third-order valence-corrected chi connectivity index (χ3v) is 6.39. The van der Waals surface area contributed by atoms with Gasteiger partial charge in [0.2, 0.25) is 5.91 Å². The number of fused-ring (bicyclic) bond motifs is 1. The van der Waals surface area contributed by atoms with Crippen LogP contribution in [0.1, 0.15) is 25.6 Å². The Morgan fingerprint density at radius 1 is 1.26 bits per heavy atom. The molecule has 1 aliphatic rings. The number of benzene rings is 2. The van der Waals surface area contributed by atoms with E-state index in [4.69, 9.17) is 26.8 Å². The molecule has 0 bridgehead atoms. The fraction of sp³-hybridized carbons (Fsp3) is 0.238. The molecule has 31 heavy (non-hydrogen) atoms. The van der Waals surface area contributed by atoms with Crippen molar-refractivity contribution in [2.24, 2.45) is 5.73 Å². The van der Waals surface area contributed by atoms with Crippen LogP contribution in [0.25, 0.3) is 10.1 Å². The summed E-state index contributed by atoms with van der Waals surface area (Å²) in [7, 11) is 1.91. The first kappa shape index (κ1) is 21.5. The molecule has 4 rings (SSSR count). The van der Waals surface area contributed by atoms with E-state index in [-0.39, 0.29) is 23.2 Å². The van der Waals surface area contributed by atoms with Gasteiger partial charge >= 0.3 is 5.97 Å². The van der Waals surface area contributed by atoms with Gasteiger partial charge in [-0.05, 0) is 31.3 Å². The van der Waals surface area contributed by atoms with Crippen LogP contribution in [0.4, 0.5) is 8.78 Å². The van der Waals surface area contributed by atoms with Gasteiger partial charge in [-0.3, -0.25) is 9.69 Å². The van der Waals surface area contributed by atoms with E-state index in [9.17, 15) is 18.4 Å². The minimum atomic E-state index is -1.08. The van der Waals surface area contributed by atoms with Crippen LogP contribution in [-0.2, 0) is 11.3 Å². The number of carbonyl (C=O) groups excluding carboxylic acids is 2. The fourth-order valence-electron chi connectivity index (χ4n) is 3.38. The van der Waals surface area contributed by atoms with Gasteiger partial charge in [-0.2, -0.15) is 0 Å². The number of hydrogen-bond acceptors (Lipinski definition) is 6. The van der Waals surface area contributed by atoms with Gasteiger partial charge in [0.05, 0.1) is 0 Å². The molecule has 1 aliphatic heterocycles. The molecule has 162 valence electrons. The van der Waals surface area contributed by atoms with Crippen molar-refractivity contribution in [3.05, 3.63) is 63.0 Å². The second-order valence-corrected chi connectivity index (χ2v) is 8.65. The van der Waals surface area contributed by atoms with Crippen molar-refractivity contribution in [2.75, 3.05) is 20.1 Å². The largest absolute Gasteiger partial charge is 0.483 e. The molecule has 2 aromatic carbocycles. The highest BCUT2D eigenvalue weighted by atomic mass is 35.5. The van der Waals surface area contributed by atoms with E-state index in [0.717, 1.165) is 12.1 Å². The van der Waals surface area contributed by atoms with E-state index in [2.05, 4.69) is 0 Å². The van der Waals surface area contributed by atoms with Gasteiger partial charge < -0.3 is 15.2 Å². The molecule has 0 radical (unpaired) electrons. The van der Waals surface area contributed by atoms with Crippen LogP contribution < -0.4 is 10.5 Å². The van der Waals surface area contributed by atoms with E-state index < -0.39 is 29.3 Å². The molecule has 0 spiro atoms. The Labute approximate surface area is 185 Å². The maximum Gasteiger partial charge on any atom is 0.349 e. The number of likely N-dealkylation sites (tertiary alicyclic amines) is 1. The number of carbonyl (C=O) groups is 2. The van der Waals surface area contributed by atoms with E-state index in [1.807, 2.05) is 11.9 Å². The third kappa shape index (κ3) is 4.21. The first-order chi connectivity index (χ1) is 14.7. The quantitative estimate of drug-likeness (QED) is 0.556.